The van der Waals surface area contributed by atoms with Crippen LogP contribution in [0.3, 0.4) is 0 Å². The fourth-order valence-corrected chi connectivity index (χ4v) is 1.11. The van der Waals surface area contributed by atoms with Gasteiger partial charge in [0, 0.05) is 25.2 Å². The summed E-state index contributed by atoms with van der Waals surface area (Å²) in [6.07, 6.45) is 3.07. The summed E-state index contributed by atoms with van der Waals surface area (Å²) in [6, 6.07) is -0.0852. The molecule has 15 heavy (non-hydrogen) atoms. The molecule has 86 valence electrons. The number of carbonyl (C=O) groups excluding carboxylic acids is 1. The SMILES string of the molecule is C=CCN(C(=O)OCC)C(C)C/C=N\O. The summed E-state index contributed by atoms with van der Waals surface area (Å²) in [5.41, 5.74) is 0. The van der Waals surface area contributed by atoms with Crippen molar-refractivity contribution >= 4 is 12.3 Å². The molecule has 0 rings (SSSR count). The van der Waals surface area contributed by atoms with Crippen molar-refractivity contribution in [2.75, 3.05) is 13.2 Å². The average molecular weight is 214 g/mol. The summed E-state index contributed by atoms with van der Waals surface area (Å²) >= 11 is 0. The van der Waals surface area contributed by atoms with Crippen LogP contribution in [0.5, 0.6) is 0 Å². The Morgan fingerprint density at radius 2 is 2.40 bits per heavy atom. The minimum Gasteiger partial charge on any atom is -0.450 e. The lowest BCUT2D eigenvalue weighted by atomic mass is 10.2. The van der Waals surface area contributed by atoms with E-state index in [1.165, 1.54) is 11.1 Å². The Kier molecular flexibility index (Phi) is 7.05. The number of hydrogen-bond donors (Lipinski definition) is 1. The fraction of sp³-hybridized carbons (Fsp3) is 0.600. The molecule has 0 aromatic rings. The summed E-state index contributed by atoms with van der Waals surface area (Å²) in [6.45, 7) is 7.93. The molecule has 1 N–H and O–H groups in total. The molecule has 0 aliphatic heterocycles. The Labute approximate surface area is 90.0 Å². The van der Waals surface area contributed by atoms with Gasteiger partial charge in [-0.1, -0.05) is 6.08 Å². The van der Waals surface area contributed by atoms with Gasteiger partial charge in [0.2, 0.25) is 0 Å². The van der Waals surface area contributed by atoms with Crippen molar-refractivity contribution in [2.45, 2.75) is 26.3 Å². The van der Waals surface area contributed by atoms with Gasteiger partial charge in [0.1, 0.15) is 0 Å². The molecule has 0 saturated carbocycles. The van der Waals surface area contributed by atoms with E-state index >= 15 is 0 Å². The van der Waals surface area contributed by atoms with Crippen LogP contribution in [0, 0.1) is 0 Å². The normalized spacial score (nSPS) is 12.4. The second-order valence-electron chi connectivity index (χ2n) is 3.02. The Morgan fingerprint density at radius 3 is 2.87 bits per heavy atom. The maximum Gasteiger partial charge on any atom is 0.410 e. The summed E-state index contributed by atoms with van der Waals surface area (Å²) in [7, 11) is 0. The maximum atomic E-state index is 11.5. The van der Waals surface area contributed by atoms with E-state index in [4.69, 9.17) is 9.94 Å². The van der Waals surface area contributed by atoms with Crippen molar-refractivity contribution in [2.24, 2.45) is 5.16 Å². The third-order valence-corrected chi connectivity index (χ3v) is 1.89. The highest BCUT2D eigenvalue weighted by Crippen LogP contribution is 2.05. The third-order valence-electron chi connectivity index (χ3n) is 1.89. The van der Waals surface area contributed by atoms with Gasteiger partial charge in [0.15, 0.2) is 0 Å². The first-order valence-electron chi connectivity index (χ1n) is 4.87. The van der Waals surface area contributed by atoms with Gasteiger partial charge in [0.05, 0.1) is 6.61 Å². The second-order valence-corrected chi connectivity index (χ2v) is 3.02. The molecule has 0 bridgehead atoms. The van der Waals surface area contributed by atoms with E-state index in [0.717, 1.165) is 0 Å². The molecule has 1 amide bonds. The lowest BCUT2D eigenvalue weighted by molar-refractivity contribution is 0.0993. The monoisotopic (exact) mass is 214 g/mol. The van der Waals surface area contributed by atoms with Crippen molar-refractivity contribution < 1.29 is 14.7 Å². The van der Waals surface area contributed by atoms with E-state index in [1.54, 1.807) is 13.0 Å². The van der Waals surface area contributed by atoms with Crippen LogP contribution in [-0.4, -0.2) is 41.6 Å². The van der Waals surface area contributed by atoms with Gasteiger partial charge < -0.3 is 14.8 Å². The first kappa shape index (κ1) is 13.5. The van der Waals surface area contributed by atoms with E-state index in [9.17, 15) is 4.79 Å². The number of nitrogens with zero attached hydrogens (tertiary/aromatic N) is 2. The van der Waals surface area contributed by atoms with E-state index in [0.29, 0.717) is 19.6 Å². The van der Waals surface area contributed by atoms with E-state index in [2.05, 4.69) is 11.7 Å². The summed E-state index contributed by atoms with van der Waals surface area (Å²) in [5, 5.41) is 11.2. The molecule has 5 nitrogen and oxygen atoms in total. The minimum atomic E-state index is -0.378. The van der Waals surface area contributed by atoms with Crippen LogP contribution >= 0.6 is 0 Å². The quantitative estimate of drug-likeness (QED) is 0.318. The van der Waals surface area contributed by atoms with Crippen LogP contribution in [-0.2, 0) is 4.74 Å². The number of ether oxygens (including phenoxy) is 1. The molecule has 1 atom stereocenters. The van der Waals surface area contributed by atoms with Crippen LogP contribution in [0.1, 0.15) is 20.3 Å². The van der Waals surface area contributed by atoms with Gasteiger partial charge in [0.25, 0.3) is 0 Å². The van der Waals surface area contributed by atoms with E-state index in [1.807, 2.05) is 6.92 Å². The molecular weight excluding hydrogens is 196 g/mol. The van der Waals surface area contributed by atoms with E-state index < -0.39 is 0 Å². The molecule has 0 fully saturated rings. The third kappa shape index (κ3) is 5.05. The lowest BCUT2D eigenvalue weighted by Crippen LogP contribution is -2.39. The van der Waals surface area contributed by atoms with Crippen LogP contribution < -0.4 is 0 Å². The first-order valence-corrected chi connectivity index (χ1v) is 4.87. The molecule has 0 aromatic carbocycles. The highest BCUT2D eigenvalue weighted by Gasteiger charge is 2.18. The number of rotatable bonds is 6. The zero-order valence-corrected chi connectivity index (χ0v) is 9.22. The van der Waals surface area contributed by atoms with Crippen molar-refractivity contribution in [3.8, 4) is 0 Å². The molecule has 1 unspecified atom stereocenters. The summed E-state index contributed by atoms with van der Waals surface area (Å²) in [5.74, 6) is 0. The van der Waals surface area contributed by atoms with Gasteiger partial charge in [-0.15, -0.1) is 11.7 Å². The predicted molar refractivity (Wildman–Crippen MR) is 58.3 cm³/mol. The Hall–Kier alpha value is -1.52. The van der Waals surface area contributed by atoms with E-state index in [-0.39, 0.29) is 12.1 Å². The highest BCUT2D eigenvalue weighted by molar-refractivity contribution is 5.69. The molecule has 5 heteroatoms. The van der Waals surface area contributed by atoms with Gasteiger partial charge in [-0.2, -0.15) is 0 Å². The molecule has 0 aliphatic rings. The van der Waals surface area contributed by atoms with Gasteiger partial charge in [-0.05, 0) is 13.8 Å². The smallest absolute Gasteiger partial charge is 0.410 e. The molecule has 0 heterocycles. The molecule has 0 aliphatic carbocycles. The minimum absolute atomic E-state index is 0.0852. The zero-order valence-electron chi connectivity index (χ0n) is 9.22. The number of oxime groups is 1. The number of amides is 1. The first-order chi connectivity index (χ1) is 7.17. The Morgan fingerprint density at radius 1 is 1.73 bits per heavy atom. The molecular formula is C10H18N2O3. The molecule has 0 spiro atoms. The van der Waals surface area contributed by atoms with Gasteiger partial charge in [-0.3, -0.25) is 0 Å². The number of carbonyl (C=O) groups is 1. The Bertz CT molecular complexity index is 229. The second kappa shape index (κ2) is 7.84. The average Bonchev–Trinajstić information content (AvgIpc) is 2.22. The summed E-state index contributed by atoms with van der Waals surface area (Å²) in [4.78, 5) is 13.0. The summed E-state index contributed by atoms with van der Waals surface area (Å²) < 4.78 is 4.89. The number of hydrogen-bond acceptors (Lipinski definition) is 4. The largest absolute Gasteiger partial charge is 0.450 e. The van der Waals surface area contributed by atoms with Crippen molar-refractivity contribution in [1.82, 2.24) is 4.90 Å². The predicted octanol–water partition coefficient (Wildman–Crippen LogP) is 1.87. The zero-order chi connectivity index (χ0) is 11.7. The van der Waals surface area contributed by atoms with Gasteiger partial charge in [-0.25, -0.2) is 4.79 Å². The topological polar surface area (TPSA) is 62.1 Å². The molecule has 0 saturated heterocycles. The van der Waals surface area contributed by atoms with Crippen LogP contribution in [0.2, 0.25) is 0 Å². The van der Waals surface area contributed by atoms with Crippen molar-refractivity contribution in [1.29, 1.82) is 0 Å². The Balaban J connectivity index is 4.34. The van der Waals surface area contributed by atoms with Crippen LogP contribution in [0.4, 0.5) is 4.79 Å². The molecule has 0 radical (unpaired) electrons. The van der Waals surface area contributed by atoms with Crippen LogP contribution in [0.25, 0.3) is 0 Å². The van der Waals surface area contributed by atoms with Crippen molar-refractivity contribution in [3.05, 3.63) is 12.7 Å². The van der Waals surface area contributed by atoms with Gasteiger partial charge >= 0.3 is 6.09 Å². The standard InChI is InChI=1S/C10H18N2O3/c1-4-8-12(10(13)15-5-2)9(3)6-7-11-14/h4,7,9,14H,1,5-6,8H2,2-3H3/b11-7-. The molecule has 0 aromatic heterocycles. The fourth-order valence-electron chi connectivity index (χ4n) is 1.11. The van der Waals surface area contributed by atoms with Crippen molar-refractivity contribution in [3.63, 3.8) is 0 Å². The van der Waals surface area contributed by atoms with Crippen LogP contribution in [0.15, 0.2) is 17.8 Å². The highest BCUT2D eigenvalue weighted by atomic mass is 16.6. The maximum absolute atomic E-state index is 11.5. The lowest BCUT2D eigenvalue weighted by Gasteiger charge is -2.26.